The van der Waals surface area contributed by atoms with Crippen LogP contribution in [0.25, 0.3) is 0 Å². The van der Waals surface area contributed by atoms with Crippen LogP contribution in [0.1, 0.15) is 50.5 Å². The van der Waals surface area contributed by atoms with Gasteiger partial charge in [-0.2, -0.15) is 0 Å². The van der Waals surface area contributed by atoms with Gasteiger partial charge < -0.3 is 15.8 Å². The molecular weight excluding hydrogens is 276 g/mol. The van der Waals surface area contributed by atoms with Crippen LogP contribution in [0.3, 0.4) is 0 Å². The molecule has 3 N–H and O–H groups in total. The Morgan fingerprint density at radius 1 is 1.23 bits per heavy atom. The molecule has 2 fully saturated rings. The van der Waals surface area contributed by atoms with E-state index in [1.165, 1.54) is 5.56 Å². The van der Waals surface area contributed by atoms with Gasteiger partial charge in [0.1, 0.15) is 5.75 Å². The van der Waals surface area contributed by atoms with Crippen LogP contribution in [-0.2, 0) is 10.3 Å². The summed E-state index contributed by atoms with van der Waals surface area (Å²) < 4.78 is 5.24. The summed E-state index contributed by atoms with van der Waals surface area (Å²) in [6.45, 7) is 0. The van der Waals surface area contributed by atoms with E-state index in [1.807, 2.05) is 12.1 Å². The van der Waals surface area contributed by atoms with E-state index in [4.69, 9.17) is 10.5 Å². The van der Waals surface area contributed by atoms with Crippen molar-refractivity contribution in [2.24, 2.45) is 11.7 Å². The van der Waals surface area contributed by atoms with Crippen LogP contribution in [0, 0.1) is 5.92 Å². The molecule has 2 aliphatic carbocycles. The van der Waals surface area contributed by atoms with Gasteiger partial charge in [-0.05, 0) is 49.8 Å². The van der Waals surface area contributed by atoms with Gasteiger partial charge in [0.25, 0.3) is 0 Å². The largest absolute Gasteiger partial charge is 0.497 e. The summed E-state index contributed by atoms with van der Waals surface area (Å²) >= 11 is 0. The molecule has 0 bridgehead atoms. The fourth-order valence-electron chi connectivity index (χ4n) is 3.97. The van der Waals surface area contributed by atoms with Crippen LogP contribution in [0.15, 0.2) is 24.3 Å². The van der Waals surface area contributed by atoms with Crippen molar-refractivity contribution in [3.05, 3.63) is 29.8 Å². The second-order valence-corrected chi connectivity index (χ2v) is 6.78. The van der Waals surface area contributed by atoms with E-state index in [0.717, 1.165) is 50.7 Å². The van der Waals surface area contributed by atoms with Gasteiger partial charge in [-0.1, -0.05) is 25.0 Å². The van der Waals surface area contributed by atoms with Gasteiger partial charge in [0.05, 0.1) is 12.6 Å². The zero-order valence-electron chi connectivity index (χ0n) is 13.3. The van der Waals surface area contributed by atoms with E-state index in [-0.39, 0.29) is 23.4 Å². The van der Waals surface area contributed by atoms with Crippen LogP contribution >= 0.6 is 0 Å². The Kier molecular flexibility index (Phi) is 4.39. The minimum Gasteiger partial charge on any atom is -0.497 e. The molecule has 0 spiro atoms. The lowest BCUT2D eigenvalue weighted by atomic mass is 9.87. The molecule has 0 heterocycles. The molecule has 0 aliphatic heterocycles. The van der Waals surface area contributed by atoms with E-state index in [1.54, 1.807) is 7.11 Å². The minimum atomic E-state index is -0.198. The number of rotatable bonds is 4. The van der Waals surface area contributed by atoms with Gasteiger partial charge in [-0.15, -0.1) is 0 Å². The Balaban J connectivity index is 1.77. The van der Waals surface area contributed by atoms with Gasteiger partial charge in [-0.25, -0.2) is 0 Å². The summed E-state index contributed by atoms with van der Waals surface area (Å²) in [7, 11) is 1.67. The van der Waals surface area contributed by atoms with E-state index in [0.29, 0.717) is 0 Å². The number of carbonyl (C=O) groups is 1. The second kappa shape index (κ2) is 6.29. The third kappa shape index (κ3) is 2.98. The average Bonchev–Trinajstić information content (AvgIpc) is 3.17. The maximum Gasteiger partial charge on any atom is 0.223 e. The maximum atomic E-state index is 12.7. The highest BCUT2D eigenvalue weighted by molar-refractivity contribution is 5.80. The highest BCUT2D eigenvalue weighted by Gasteiger charge is 2.39. The normalized spacial score (nSPS) is 26.8. The molecule has 2 unspecified atom stereocenters. The fraction of sp³-hybridized carbons (Fsp3) is 0.611. The summed E-state index contributed by atoms with van der Waals surface area (Å²) in [6.07, 6.45) is 7.07. The molecule has 2 aliphatic rings. The van der Waals surface area contributed by atoms with E-state index in [9.17, 15) is 4.79 Å². The Labute approximate surface area is 132 Å². The molecule has 22 heavy (non-hydrogen) atoms. The number of benzene rings is 1. The molecular formula is C18H26N2O2. The zero-order chi connectivity index (χ0) is 15.6. The van der Waals surface area contributed by atoms with E-state index < -0.39 is 0 Å². The van der Waals surface area contributed by atoms with Gasteiger partial charge in [0.2, 0.25) is 5.91 Å². The molecule has 2 saturated carbocycles. The van der Waals surface area contributed by atoms with Crippen molar-refractivity contribution in [1.29, 1.82) is 0 Å². The van der Waals surface area contributed by atoms with Crippen molar-refractivity contribution < 1.29 is 9.53 Å². The van der Waals surface area contributed by atoms with Crippen molar-refractivity contribution in [2.75, 3.05) is 7.11 Å². The first kappa shape index (κ1) is 15.3. The summed E-state index contributed by atoms with van der Waals surface area (Å²) in [5, 5.41) is 3.37. The summed E-state index contributed by atoms with van der Waals surface area (Å²) in [5.74, 6) is 1.13. The van der Waals surface area contributed by atoms with Crippen molar-refractivity contribution >= 4 is 5.91 Å². The molecule has 2 atom stereocenters. The molecule has 0 radical (unpaired) electrons. The molecule has 4 nitrogen and oxygen atoms in total. The van der Waals surface area contributed by atoms with Gasteiger partial charge in [0, 0.05) is 12.0 Å². The molecule has 1 aromatic rings. The third-order valence-corrected chi connectivity index (χ3v) is 5.31. The molecule has 0 aromatic heterocycles. The predicted octanol–water partition coefficient (Wildman–Crippen LogP) is 2.71. The average molecular weight is 302 g/mol. The summed E-state index contributed by atoms with van der Waals surface area (Å²) in [4.78, 5) is 12.7. The number of hydrogen-bond donors (Lipinski definition) is 2. The lowest BCUT2D eigenvalue weighted by Gasteiger charge is -2.32. The Hall–Kier alpha value is -1.55. The van der Waals surface area contributed by atoms with Crippen molar-refractivity contribution in [3.63, 3.8) is 0 Å². The molecule has 120 valence electrons. The molecule has 4 heteroatoms. The van der Waals surface area contributed by atoms with Crippen LogP contribution < -0.4 is 15.8 Å². The van der Waals surface area contributed by atoms with Gasteiger partial charge in [-0.3, -0.25) is 4.79 Å². The SMILES string of the molecule is COc1ccc(C2(NC(=O)C3CCC(N)C3)CCCC2)cc1. The maximum absolute atomic E-state index is 12.7. The topological polar surface area (TPSA) is 64.3 Å². The first-order valence-electron chi connectivity index (χ1n) is 8.35. The second-order valence-electron chi connectivity index (χ2n) is 6.78. The highest BCUT2D eigenvalue weighted by Crippen LogP contribution is 2.40. The number of methoxy groups -OCH3 is 1. The van der Waals surface area contributed by atoms with Crippen LogP contribution in [0.5, 0.6) is 5.75 Å². The van der Waals surface area contributed by atoms with E-state index >= 15 is 0 Å². The highest BCUT2D eigenvalue weighted by atomic mass is 16.5. The number of ether oxygens (including phenoxy) is 1. The minimum absolute atomic E-state index is 0.0886. The standard InChI is InChI=1S/C18H26N2O2/c1-22-16-8-5-14(6-9-16)18(10-2-3-11-18)20-17(21)13-4-7-15(19)12-13/h5-6,8-9,13,15H,2-4,7,10-12,19H2,1H3,(H,20,21). The number of amides is 1. The lowest BCUT2D eigenvalue weighted by Crippen LogP contribution is -2.46. The Bertz CT molecular complexity index is 520. The third-order valence-electron chi connectivity index (χ3n) is 5.31. The number of carbonyl (C=O) groups excluding carboxylic acids is 1. The zero-order valence-corrected chi connectivity index (χ0v) is 13.3. The first-order valence-corrected chi connectivity index (χ1v) is 8.35. The molecule has 1 aromatic carbocycles. The van der Waals surface area contributed by atoms with Gasteiger partial charge in [0.15, 0.2) is 0 Å². The lowest BCUT2D eigenvalue weighted by molar-refractivity contribution is -0.127. The summed E-state index contributed by atoms with van der Waals surface area (Å²) in [6, 6.07) is 8.33. The summed E-state index contributed by atoms with van der Waals surface area (Å²) in [5.41, 5.74) is 6.95. The van der Waals surface area contributed by atoms with Crippen molar-refractivity contribution in [1.82, 2.24) is 5.32 Å². The van der Waals surface area contributed by atoms with Crippen LogP contribution in [0.4, 0.5) is 0 Å². The molecule has 0 saturated heterocycles. The van der Waals surface area contributed by atoms with Crippen LogP contribution in [0.2, 0.25) is 0 Å². The monoisotopic (exact) mass is 302 g/mol. The number of nitrogens with two attached hydrogens (primary N) is 1. The van der Waals surface area contributed by atoms with Crippen molar-refractivity contribution in [3.8, 4) is 5.75 Å². The fourth-order valence-corrected chi connectivity index (χ4v) is 3.97. The van der Waals surface area contributed by atoms with E-state index in [2.05, 4.69) is 17.4 Å². The Morgan fingerprint density at radius 3 is 2.45 bits per heavy atom. The quantitative estimate of drug-likeness (QED) is 0.899. The Morgan fingerprint density at radius 2 is 1.91 bits per heavy atom. The number of nitrogens with one attached hydrogen (secondary N) is 1. The number of hydrogen-bond acceptors (Lipinski definition) is 3. The van der Waals surface area contributed by atoms with Crippen LogP contribution in [-0.4, -0.2) is 19.1 Å². The first-order chi connectivity index (χ1) is 10.6. The van der Waals surface area contributed by atoms with Crippen molar-refractivity contribution in [2.45, 2.75) is 56.5 Å². The van der Waals surface area contributed by atoms with Gasteiger partial charge >= 0.3 is 0 Å². The smallest absolute Gasteiger partial charge is 0.223 e. The molecule has 3 rings (SSSR count). The predicted molar refractivity (Wildman–Crippen MR) is 86.6 cm³/mol. The molecule has 1 amide bonds.